The van der Waals surface area contributed by atoms with Crippen molar-refractivity contribution in [1.82, 2.24) is 9.61 Å². The van der Waals surface area contributed by atoms with Crippen LogP contribution in [0.25, 0.3) is 5.52 Å². The van der Waals surface area contributed by atoms with Crippen LogP contribution in [0.15, 0.2) is 18.3 Å². The summed E-state index contributed by atoms with van der Waals surface area (Å²) in [6, 6.07) is 4.19. The van der Waals surface area contributed by atoms with Crippen LogP contribution in [-0.2, 0) is 17.6 Å². The lowest BCUT2D eigenvalue weighted by molar-refractivity contribution is -0.118. The standard InChI is InChI=1S/C17H18N2O/c1-4-17(9-13(3)20)8-7-15-14(10-17)16-6-5-12(2)11-19(16)18-15/h1,5-6,11H,7-10H2,2-3H3. The molecule has 1 unspecified atom stereocenters. The van der Waals surface area contributed by atoms with Crippen LogP contribution in [0.2, 0.25) is 0 Å². The van der Waals surface area contributed by atoms with Gasteiger partial charge in [0, 0.05) is 23.6 Å². The van der Waals surface area contributed by atoms with Gasteiger partial charge in [0.05, 0.1) is 11.2 Å². The second-order valence-electron chi connectivity index (χ2n) is 5.94. The Morgan fingerprint density at radius 1 is 1.55 bits per heavy atom. The van der Waals surface area contributed by atoms with Gasteiger partial charge in [0.1, 0.15) is 5.78 Å². The van der Waals surface area contributed by atoms with E-state index in [-0.39, 0.29) is 11.2 Å². The predicted molar refractivity (Wildman–Crippen MR) is 78.5 cm³/mol. The van der Waals surface area contributed by atoms with Gasteiger partial charge >= 0.3 is 0 Å². The summed E-state index contributed by atoms with van der Waals surface area (Å²) in [5.41, 5.74) is 4.33. The van der Waals surface area contributed by atoms with E-state index in [2.05, 4.69) is 30.1 Å². The third-order valence-corrected chi connectivity index (χ3v) is 4.21. The zero-order chi connectivity index (χ0) is 14.3. The highest BCUT2D eigenvalue weighted by atomic mass is 16.1. The minimum atomic E-state index is -0.326. The number of carbonyl (C=O) groups is 1. The number of aryl methyl sites for hydroxylation is 2. The SMILES string of the molecule is C#CC1(CC(C)=O)CCc2nn3cc(C)ccc3c2C1. The molecule has 3 rings (SSSR count). The van der Waals surface area contributed by atoms with Crippen molar-refractivity contribution in [3.63, 3.8) is 0 Å². The van der Waals surface area contributed by atoms with Gasteiger partial charge in [-0.05, 0) is 44.7 Å². The first kappa shape index (κ1) is 12.9. The average molecular weight is 266 g/mol. The monoisotopic (exact) mass is 266 g/mol. The molecule has 0 amide bonds. The summed E-state index contributed by atoms with van der Waals surface area (Å²) in [6.45, 7) is 3.68. The number of carbonyl (C=O) groups excluding carboxylic acids is 1. The number of pyridine rings is 1. The minimum absolute atomic E-state index is 0.165. The van der Waals surface area contributed by atoms with Crippen LogP contribution in [0.4, 0.5) is 0 Å². The van der Waals surface area contributed by atoms with E-state index >= 15 is 0 Å². The van der Waals surface area contributed by atoms with Crippen molar-refractivity contribution in [1.29, 1.82) is 0 Å². The smallest absolute Gasteiger partial charge is 0.131 e. The van der Waals surface area contributed by atoms with Gasteiger partial charge in [-0.2, -0.15) is 5.10 Å². The molecule has 3 heteroatoms. The van der Waals surface area contributed by atoms with Gasteiger partial charge < -0.3 is 0 Å². The maximum Gasteiger partial charge on any atom is 0.131 e. The first-order valence-electron chi connectivity index (χ1n) is 6.97. The molecule has 0 spiro atoms. The van der Waals surface area contributed by atoms with Crippen LogP contribution in [0.3, 0.4) is 0 Å². The molecule has 3 nitrogen and oxygen atoms in total. The molecule has 2 heterocycles. The number of Topliss-reactive ketones (excluding diaryl/α,β-unsaturated/α-hetero) is 1. The van der Waals surface area contributed by atoms with E-state index < -0.39 is 0 Å². The molecule has 1 aliphatic carbocycles. The largest absolute Gasteiger partial charge is 0.300 e. The Hall–Kier alpha value is -2.08. The Morgan fingerprint density at radius 2 is 2.35 bits per heavy atom. The van der Waals surface area contributed by atoms with Gasteiger partial charge in [-0.15, -0.1) is 6.42 Å². The molecule has 0 radical (unpaired) electrons. The van der Waals surface area contributed by atoms with E-state index in [1.54, 1.807) is 6.92 Å². The fourth-order valence-corrected chi connectivity index (χ4v) is 3.23. The third-order valence-electron chi connectivity index (χ3n) is 4.21. The molecule has 0 saturated carbocycles. The Labute approximate surface area is 119 Å². The molecule has 1 aliphatic rings. The number of hydrogen-bond donors (Lipinski definition) is 0. The third kappa shape index (κ3) is 2.02. The zero-order valence-corrected chi connectivity index (χ0v) is 11.9. The number of nitrogens with zero attached hydrogens (tertiary/aromatic N) is 2. The fraction of sp³-hybridized carbons (Fsp3) is 0.412. The van der Waals surface area contributed by atoms with Gasteiger partial charge in [0.15, 0.2) is 0 Å². The van der Waals surface area contributed by atoms with Gasteiger partial charge in [0.25, 0.3) is 0 Å². The van der Waals surface area contributed by atoms with Crippen LogP contribution in [0.1, 0.15) is 36.6 Å². The normalized spacial score (nSPS) is 21.4. The second-order valence-corrected chi connectivity index (χ2v) is 5.94. The van der Waals surface area contributed by atoms with Crippen LogP contribution < -0.4 is 0 Å². The summed E-state index contributed by atoms with van der Waals surface area (Å²) < 4.78 is 1.94. The Morgan fingerprint density at radius 3 is 3.05 bits per heavy atom. The fourth-order valence-electron chi connectivity index (χ4n) is 3.23. The summed E-state index contributed by atoms with van der Waals surface area (Å²) >= 11 is 0. The number of rotatable bonds is 2. The van der Waals surface area contributed by atoms with Crippen molar-refractivity contribution in [3.8, 4) is 12.3 Å². The van der Waals surface area contributed by atoms with Gasteiger partial charge in [-0.25, -0.2) is 4.52 Å². The van der Waals surface area contributed by atoms with Crippen molar-refractivity contribution in [2.45, 2.75) is 39.5 Å². The molecule has 0 saturated heterocycles. The lowest BCUT2D eigenvalue weighted by Crippen LogP contribution is -2.29. The molecule has 2 aromatic rings. The number of aromatic nitrogens is 2. The molecular formula is C17H18N2O. The van der Waals surface area contributed by atoms with E-state index in [9.17, 15) is 4.79 Å². The van der Waals surface area contributed by atoms with Gasteiger partial charge in [-0.1, -0.05) is 12.0 Å². The van der Waals surface area contributed by atoms with Crippen molar-refractivity contribution < 1.29 is 4.79 Å². The molecule has 0 aromatic carbocycles. The maximum atomic E-state index is 11.5. The summed E-state index contributed by atoms with van der Waals surface area (Å²) in [4.78, 5) is 11.5. The van der Waals surface area contributed by atoms with Crippen LogP contribution in [0.5, 0.6) is 0 Å². The van der Waals surface area contributed by atoms with E-state index in [1.807, 2.05) is 10.7 Å². The molecular weight excluding hydrogens is 248 g/mol. The zero-order valence-electron chi connectivity index (χ0n) is 11.9. The van der Waals surface area contributed by atoms with E-state index in [0.717, 1.165) is 30.5 Å². The van der Waals surface area contributed by atoms with Crippen molar-refractivity contribution in [2.75, 3.05) is 0 Å². The van der Waals surface area contributed by atoms with E-state index in [4.69, 9.17) is 6.42 Å². The second kappa shape index (κ2) is 4.49. The molecule has 20 heavy (non-hydrogen) atoms. The van der Waals surface area contributed by atoms with E-state index in [0.29, 0.717) is 6.42 Å². The Bertz CT molecular complexity index is 735. The minimum Gasteiger partial charge on any atom is -0.300 e. The molecule has 102 valence electrons. The molecule has 0 N–H and O–H groups in total. The number of hydrogen-bond acceptors (Lipinski definition) is 2. The number of fused-ring (bicyclic) bond motifs is 3. The Kier molecular flexibility index (Phi) is 2.90. The average Bonchev–Trinajstić information content (AvgIpc) is 2.74. The summed E-state index contributed by atoms with van der Waals surface area (Å²) in [5, 5.41) is 4.66. The lowest BCUT2D eigenvalue weighted by atomic mass is 9.71. The summed E-state index contributed by atoms with van der Waals surface area (Å²) in [5.74, 6) is 3.06. The molecule has 0 bridgehead atoms. The highest BCUT2D eigenvalue weighted by Crippen LogP contribution is 2.39. The van der Waals surface area contributed by atoms with E-state index in [1.165, 1.54) is 11.1 Å². The van der Waals surface area contributed by atoms with Crippen molar-refractivity contribution >= 4 is 11.3 Å². The summed E-state index contributed by atoms with van der Waals surface area (Å²) in [7, 11) is 0. The topological polar surface area (TPSA) is 34.4 Å². The first-order valence-corrected chi connectivity index (χ1v) is 6.97. The van der Waals surface area contributed by atoms with Crippen molar-refractivity contribution in [3.05, 3.63) is 35.2 Å². The Balaban J connectivity index is 2.08. The quantitative estimate of drug-likeness (QED) is 0.783. The summed E-state index contributed by atoms with van der Waals surface area (Å²) in [6.07, 6.45) is 10.7. The predicted octanol–water partition coefficient (Wildman–Crippen LogP) is 2.73. The molecule has 1 atom stereocenters. The highest BCUT2D eigenvalue weighted by molar-refractivity contribution is 5.77. The lowest BCUT2D eigenvalue weighted by Gasteiger charge is -2.31. The maximum absolute atomic E-state index is 11.5. The molecule has 2 aromatic heterocycles. The number of terminal acetylenes is 1. The van der Waals surface area contributed by atoms with Crippen LogP contribution >= 0.6 is 0 Å². The van der Waals surface area contributed by atoms with Gasteiger partial charge in [0.2, 0.25) is 0 Å². The first-order chi connectivity index (χ1) is 9.53. The number of ketones is 1. The van der Waals surface area contributed by atoms with Gasteiger partial charge in [-0.3, -0.25) is 4.79 Å². The van der Waals surface area contributed by atoms with Crippen LogP contribution in [0, 0.1) is 24.7 Å². The molecule has 0 fully saturated rings. The molecule has 0 aliphatic heterocycles. The van der Waals surface area contributed by atoms with Crippen LogP contribution in [-0.4, -0.2) is 15.4 Å². The highest BCUT2D eigenvalue weighted by Gasteiger charge is 2.36. The van der Waals surface area contributed by atoms with Crippen molar-refractivity contribution in [2.24, 2.45) is 5.41 Å².